The monoisotopic (exact) mass is 168 g/mol. The quantitative estimate of drug-likeness (QED) is 0.404. The van der Waals surface area contributed by atoms with E-state index in [1.165, 1.54) is 0 Å². The highest BCUT2D eigenvalue weighted by Gasteiger charge is 2.20. The van der Waals surface area contributed by atoms with Crippen LogP contribution in [0.15, 0.2) is 0 Å². The van der Waals surface area contributed by atoms with Gasteiger partial charge < -0.3 is 0 Å². The molecule has 0 aromatic heterocycles. The van der Waals surface area contributed by atoms with Crippen LogP contribution in [-0.2, 0) is 0 Å². The van der Waals surface area contributed by atoms with Crippen LogP contribution in [0.1, 0.15) is 20.8 Å². The minimum Gasteiger partial charge on any atom is -0.138 e. The lowest BCUT2D eigenvalue weighted by molar-refractivity contribution is -0.407. The van der Waals surface area contributed by atoms with Gasteiger partial charge in [-0.1, -0.05) is 0 Å². The van der Waals surface area contributed by atoms with Gasteiger partial charge in [0, 0.05) is 20.8 Å². The summed E-state index contributed by atoms with van der Waals surface area (Å²) >= 11 is 8.19. The molecule has 0 heterocycles. The SMILES string of the molecule is CC(C)(C)[N+](S)=PS. The van der Waals surface area contributed by atoms with Gasteiger partial charge in [0.2, 0.25) is 0 Å². The maximum atomic E-state index is 4.16. The molecule has 1 nitrogen and oxygen atoms in total. The van der Waals surface area contributed by atoms with E-state index in [4.69, 9.17) is 0 Å². The molecular formula is C4H11NPS2+. The van der Waals surface area contributed by atoms with E-state index in [-0.39, 0.29) is 5.54 Å². The van der Waals surface area contributed by atoms with Crippen molar-refractivity contribution in [2.24, 2.45) is 0 Å². The summed E-state index contributed by atoms with van der Waals surface area (Å²) in [5, 5.41) is 0. The zero-order valence-electron chi connectivity index (χ0n) is 5.29. The predicted octanol–water partition coefficient (Wildman–Crippen LogP) is 2.62. The van der Waals surface area contributed by atoms with E-state index in [1.54, 1.807) is 0 Å². The summed E-state index contributed by atoms with van der Waals surface area (Å²) in [4.78, 5) is 0. The summed E-state index contributed by atoms with van der Waals surface area (Å²) < 4.78 is 1.84. The Morgan fingerprint density at radius 2 is 1.75 bits per heavy atom. The number of rotatable bonds is 0. The van der Waals surface area contributed by atoms with Crippen LogP contribution < -0.4 is 0 Å². The van der Waals surface area contributed by atoms with E-state index in [9.17, 15) is 0 Å². The third-order valence-corrected chi connectivity index (χ3v) is 3.28. The molecule has 0 radical (unpaired) electrons. The van der Waals surface area contributed by atoms with Crippen molar-refractivity contribution in [3.63, 3.8) is 0 Å². The Morgan fingerprint density at radius 1 is 1.38 bits per heavy atom. The Labute approximate surface area is 63.1 Å². The van der Waals surface area contributed by atoms with Crippen LogP contribution in [-0.4, -0.2) is 9.27 Å². The Hall–Kier alpha value is 0.800. The Bertz CT molecular complexity index is 105. The Balaban J connectivity index is 4.03. The molecule has 0 N–H and O–H groups in total. The fourth-order valence-corrected chi connectivity index (χ4v) is 1.21. The third kappa shape index (κ3) is 2.95. The summed E-state index contributed by atoms with van der Waals surface area (Å²) in [6, 6.07) is 0. The van der Waals surface area contributed by atoms with Crippen molar-refractivity contribution in [1.82, 2.24) is 0 Å². The number of thiol groups is 2. The second-order valence-corrected chi connectivity index (χ2v) is 4.38. The van der Waals surface area contributed by atoms with E-state index < -0.39 is 0 Å². The van der Waals surface area contributed by atoms with Gasteiger partial charge in [0.05, 0.1) is 0 Å². The van der Waals surface area contributed by atoms with E-state index in [1.807, 2.05) is 3.73 Å². The highest BCUT2D eigenvalue weighted by molar-refractivity contribution is 8.34. The summed E-state index contributed by atoms with van der Waals surface area (Å²) in [7, 11) is 0.899. The highest BCUT2D eigenvalue weighted by Crippen LogP contribution is 2.18. The van der Waals surface area contributed by atoms with Gasteiger partial charge in [-0.25, -0.2) is 0 Å². The first-order chi connectivity index (χ1) is 3.48. The Morgan fingerprint density at radius 3 is 1.75 bits per heavy atom. The highest BCUT2D eigenvalue weighted by atomic mass is 32.7. The minimum absolute atomic E-state index is 0.117. The molecule has 0 unspecified atom stereocenters. The number of hydrogen-bond donors (Lipinski definition) is 2. The van der Waals surface area contributed by atoms with Crippen LogP contribution in [0.25, 0.3) is 0 Å². The van der Waals surface area contributed by atoms with Crippen molar-refractivity contribution < 1.29 is 3.73 Å². The minimum atomic E-state index is 0.117. The van der Waals surface area contributed by atoms with Crippen LogP contribution in [0, 0.1) is 0 Å². The first kappa shape index (κ1) is 8.80. The van der Waals surface area contributed by atoms with Crippen LogP contribution in [0.5, 0.6) is 0 Å². The predicted molar refractivity (Wildman–Crippen MR) is 44.9 cm³/mol. The normalized spacial score (nSPS) is 14.4. The molecular weight excluding hydrogens is 157 g/mol. The maximum absolute atomic E-state index is 4.16. The maximum Gasteiger partial charge on any atom is 0.293 e. The van der Waals surface area contributed by atoms with Gasteiger partial charge in [-0.3, -0.25) is 0 Å². The molecule has 0 aromatic carbocycles. The van der Waals surface area contributed by atoms with Crippen molar-refractivity contribution in [1.29, 1.82) is 0 Å². The molecule has 0 aliphatic rings. The molecule has 0 saturated carbocycles. The van der Waals surface area contributed by atoms with Crippen molar-refractivity contribution in [2.75, 3.05) is 0 Å². The van der Waals surface area contributed by atoms with E-state index >= 15 is 0 Å². The topological polar surface area (TPSA) is 3.01 Å². The van der Waals surface area contributed by atoms with Crippen LogP contribution in [0.4, 0.5) is 0 Å². The molecule has 0 aromatic rings. The smallest absolute Gasteiger partial charge is 0.138 e. The van der Waals surface area contributed by atoms with Gasteiger partial charge in [0.25, 0.3) is 7.57 Å². The average molecular weight is 168 g/mol. The molecule has 48 valence electrons. The second kappa shape index (κ2) is 3.09. The average Bonchev–Trinajstić information content (AvgIpc) is 1.62. The van der Waals surface area contributed by atoms with Gasteiger partial charge in [0.1, 0.15) is 12.8 Å². The lowest BCUT2D eigenvalue weighted by Gasteiger charge is -2.08. The molecule has 8 heavy (non-hydrogen) atoms. The first-order valence-electron chi connectivity index (χ1n) is 2.32. The lowest BCUT2D eigenvalue weighted by atomic mass is 10.1. The van der Waals surface area contributed by atoms with E-state index in [2.05, 4.69) is 45.8 Å². The molecule has 0 spiro atoms. The zero-order chi connectivity index (χ0) is 6.78. The van der Waals surface area contributed by atoms with Crippen molar-refractivity contribution >= 4 is 32.6 Å². The molecule has 0 rings (SSSR count). The molecule has 0 atom stereocenters. The molecule has 4 heteroatoms. The van der Waals surface area contributed by atoms with E-state index in [0.717, 1.165) is 7.57 Å². The molecule has 0 bridgehead atoms. The van der Waals surface area contributed by atoms with Gasteiger partial charge in [0.15, 0.2) is 5.54 Å². The summed E-state index contributed by atoms with van der Waals surface area (Å²) in [5.41, 5.74) is 0.117. The summed E-state index contributed by atoms with van der Waals surface area (Å²) in [6.07, 6.45) is 0. The fourth-order valence-electron chi connectivity index (χ4n) is 0.134. The molecule has 0 fully saturated rings. The number of hydrogen-bond acceptors (Lipinski definition) is 0. The van der Waals surface area contributed by atoms with Crippen LogP contribution >= 0.6 is 32.6 Å². The standard InChI is InChI=1S/C4H10NPS2/c1-4(2,3)5(7)6-8/h7H,1-3H3/p+1. The largest absolute Gasteiger partial charge is 0.293 e. The summed E-state index contributed by atoms with van der Waals surface area (Å²) in [6.45, 7) is 6.26. The Kier molecular flexibility index (Phi) is 3.40. The van der Waals surface area contributed by atoms with Crippen molar-refractivity contribution in [2.45, 2.75) is 26.3 Å². The van der Waals surface area contributed by atoms with Gasteiger partial charge in [-0.15, -0.1) is 3.73 Å². The van der Waals surface area contributed by atoms with Gasteiger partial charge in [-0.05, 0) is 12.2 Å². The lowest BCUT2D eigenvalue weighted by Crippen LogP contribution is -2.22. The zero-order valence-corrected chi connectivity index (χ0v) is 7.97. The second-order valence-electron chi connectivity index (χ2n) is 2.55. The molecule has 0 aliphatic carbocycles. The summed E-state index contributed by atoms with van der Waals surface area (Å²) in [5.74, 6) is 0. The van der Waals surface area contributed by atoms with Crippen LogP contribution in [0.2, 0.25) is 0 Å². The van der Waals surface area contributed by atoms with Crippen molar-refractivity contribution in [3.05, 3.63) is 0 Å². The fraction of sp³-hybridized carbons (Fsp3) is 1.00. The van der Waals surface area contributed by atoms with Crippen molar-refractivity contribution in [3.8, 4) is 0 Å². The number of nitrogens with zero attached hydrogens (tertiary/aromatic N) is 1. The third-order valence-electron chi connectivity index (χ3n) is 0.685. The van der Waals surface area contributed by atoms with E-state index in [0.29, 0.717) is 0 Å². The van der Waals surface area contributed by atoms with Gasteiger partial charge in [-0.2, -0.15) is 0 Å². The first-order valence-corrected chi connectivity index (χ1v) is 4.72. The van der Waals surface area contributed by atoms with Gasteiger partial charge >= 0.3 is 0 Å². The molecule has 0 saturated heterocycles. The molecule has 0 aliphatic heterocycles. The van der Waals surface area contributed by atoms with Crippen LogP contribution in [0.3, 0.4) is 0 Å². The molecule has 0 amide bonds.